The molecule has 0 saturated carbocycles. The standard InChI is InChI=1S/C12H9ClN2O2/c13-10-7-6-9(14-15-10)11(12(16)17)8-4-2-1-3-5-8/h1-7,11H,(H,16,17). The summed E-state index contributed by atoms with van der Waals surface area (Å²) < 4.78 is 0. The molecule has 2 rings (SSSR count). The van der Waals surface area contributed by atoms with Crippen LogP contribution < -0.4 is 0 Å². The maximum absolute atomic E-state index is 11.3. The lowest BCUT2D eigenvalue weighted by atomic mass is 9.96. The predicted octanol–water partition coefficient (Wildman–Crippen LogP) is 2.35. The summed E-state index contributed by atoms with van der Waals surface area (Å²) in [6, 6.07) is 12.0. The number of nitrogens with zero attached hydrogens (tertiary/aromatic N) is 2. The highest BCUT2D eigenvalue weighted by Crippen LogP contribution is 2.23. The van der Waals surface area contributed by atoms with Crippen molar-refractivity contribution < 1.29 is 9.90 Å². The molecule has 5 heteroatoms. The van der Waals surface area contributed by atoms with Gasteiger partial charge in [-0.15, -0.1) is 5.10 Å². The van der Waals surface area contributed by atoms with Crippen LogP contribution in [-0.2, 0) is 4.79 Å². The van der Waals surface area contributed by atoms with Gasteiger partial charge >= 0.3 is 5.97 Å². The van der Waals surface area contributed by atoms with Gasteiger partial charge in [0, 0.05) is 0 Å². The summed E-state index contributed by atoms with van der Waals surface area (Å²) in [5.41, 5.74) is 1.03. The van der Waals surface area contributed by atoms with Gasteiger partial charge in [0.15, 0.2) is 5.15 Å². The highest BCUT2D eigenvalue weighted by molar-refractivity contribution is 6.29. The summed E-state index contributed by atoms with van der Waals surface area (Å²) >= 11 is 5.62. The molecule has 0 fully saturated rings. The number of carboxylic acids is 1. The zero-order valence-corrected chi connectivity index (χ0v) is 9.50. The van der Waals surface area contributed by atoms with Gasteiger partial charge in [0.05, 0.1) is 5.69 Å². The van der Waals surface area contributed by atoms with Crippen molar-refractivity contribution in [2.45, 2.75) is 5.92 Å². The predicted molar refractivity (Wildman–Crippen MR) is 63.0 cm³/mol. The average Bonchev–Trinajstić information content (AvgIpc) is 2.33. The minimum atomic E-state index is -0.965. The molecule has 0 saturated heterocycles. The third-order valence-corrected chi connectivity index (χ3v) is 2.53. The number of aromatic nitrogens is 2. The Labute approximate surface area is 103 Å². The van der Waals surface area contributed by atoms with Gasteiger partial charge in [-0.1, -0.05) is 41.9 Å². The second-order valence-corrected chi connectivity index (χ2v) is 3.85. The lowest BCUT2D eigenvalue weighted by Crippen LogP contribution is -2.15. The summed E-state index contributed by atoms with van der Waals surface area (Å²) in [5, 5.41) is 17.0. The van der Waals surface area contributed by atoms with E-state index in [-0.39, 0.29) is 5.15 Å². The van der Waals surface area contributed by atoms with E-state index in [2.05, 4.69) is 10.2 Å². The van der Waals surface area contributed by atoms with Crippen LogP contribution in [0, 0.1) is 0 Å². The Balaban J connectivity index is 2.43. The quantitative estimate of drug-likeness (QED) is 0.906. The molecule has 4 nitrogen and oxygen atoms in total. The largest absolute Gasteiger partial charge is 0.480 e. The maximum atomic E-state index is 11.3. The van der Waals surface area contributed by atoms with E-state index in [1.807, 2.05) is 6.07 Å². The molecule has 0 aliphatic rings. The van der Waals surface area contributed by atoms with Crippen molar-refractivity contribution in [1.29, 1.82) is 0 Å². The van der Waals surface area contributed by atoms with Gasteiger partial charge < -0.3 is 5.11 Å². The van der Waals surface area contributed by atoms with Crippen molar-refractivity contribution in [3.63, 3.8) is 0 Å². The lowest BCUT2D eigenvalue weighted by molar-refractivity contribution is -0.137. The van der Waals surface area contributed by atoms with Crippen molar-refractivity contribution in [2.24, 2.45) is 0 Å². The second kappa shape index (κ2) is 4.93. The molecule has 0 aliphatic carbocycles. The number of rotatable bonds is 3. The molecule has 0 amide bonds. The third-order valence-electron chi connectivity index (χ3n) is 2.33. The minimum absolute atomic E-state index is 0.242. The van der Waals surface area contributed by atoms with Crippen molar-refractivity contribution >= 4 is 17.6 Å². The lowest BCUT2D eigenvalue weighted by Gasteiger charge is -2.11. The average molecular weight is 249 g/mol. The number of aliphatic carboxylic acids is 1. The molecule has 0 bridgehead atoms. The topological polar surface area (TPSA) is 63.1 Å². The minimum Gasteiger partial charge on any atom is -0.480 e. The summed E-state index contributed by atoms with van der Waals surface area (Å²) in [4.78, 5) is 11.3. The number of halogens is 1. The van der Waals surface area contributed by atoms with E-state index < -0.39 is 11.9 Å². The van der Waals surface area contributed by atoms with Crippen LogP contribution in [0.1, 0.15) is 17.2 Å². The number of hydrogen-bond donors (Lipinski definition) is 1. The van der Waals surface area contributed by atoms with Gasteiger partial charge in [0.25, 0.3) is 0 Å². The molecule has 0 radical (unpaired) electrons. The van der Waals surface area contributed by atoms with Crippen molar-refractivity contribution in [3.8, 4) is 0 Å². The molecule has 1 unspecified atom stereocenters. The zero-order chi connectivity index (χ0) is 12.3. The zero-order valence-electron chi connectivity index (χ0n) is 8.75. The maximum Gasteiger partial charge on any atom is 0.317 e. The summed E-state index contributed by atoms with van der Waals surface area (Å²) in [6.45, 7) is 0. The first-order chi connectivity index (χ1) is 8.18. The summed E-state index contributed by atoms with van der Waals surface area (Å²) in [6.07, 6.45) is 0. The van der Waals surface area contributed by atoms with Gasteiger partial charge in [-0.2, -0.15) is 5.10 Å². The SMILES string of the molecule is O=C(O)C(c1ccccc1)c1ccc(Cl)nn1. The third kappa shape index (κ3) is 2.60. The molecular formula is C12H9ClN2O2. The van der Waals surface area contributed by atoms with Crippen molar-refractivity contribution in [1.82, 2.24) is 10.2 Å². The van der Waals surface area contributed by atoms with E-state index in [9.17, 15) is 9.90 Å². The van der Waals surface area contributed by atoms with Crippen LogP contribution in [-0.4, -0.2) is 21.3 Å². The van der Waals surface area contributed by atoms with Crippen LogP contribution in [0.4, 0.5) is 0 Å². The number of carboxylic acid groups (broad SMARTS) is 1. The van der Waals surface area contributed by atoms with Gasteiger partial charge in [-0.25, -0.2) is 0 Å². The van der Waals surface area contributed by atoms with E-state index in [4.69, 9.17) is 11.6 Å². The molecule has 0 spiro atoms. The molecular weight excluding hydrogens is 240 g/mol. The molecule has 86 valence electrons. The Morgan fingerprint density at radius 1 is 1.12 bits per heavy atom. The first-order valence-corrected chi connectivity index (χ1v) is 5.33. The fourth-order valence-electron chi connectivity index (χ4n) is 1.57. The van der Waals surface area contributed by atoms with Crippen LogP contribution in [0.15, 0.2) is 42.5 Å². The van der Waals surface area contributed by atoms with Gasteiger partial charge in [-0.05, 0) is 17.7 Å². The van der Waals surface area contributed by atoms with Crippen LogP contribution in [0.2, 0.25) is 5.15 Å². The Morgan fingerprint density at radius 3 is 2.35 bits per heavy atom. The molecule has 1 aromatic carbocycles. The fourth-order valence-corrected chi connectivity index (χ4v) is 1.67. The molecule has 1 heterocycles. The highest BCUT2D eigenvalue weighted by atomic mass is 35.5. The second-order valence-electron chi connectivity index (χ2n) is 3.46. The van der Waals surface area contributed by atoms with E-state index >= 15 is 0 Å². The Bertz CT molecular complexity index is 514. The van der Waals surface area contributed by atoms with Crippen molar-refractivity contribution in [2.75, 3.05) is 0 Å². The normalized spacial score (nSPS) is 12.1. The first-order valence-electron chi connectivity index (χ1n) is 4.95. The number of hydrogen-bond acceptors (Lipinski definition) is 3. The molecule has 0 aliphatic heterocycles. The van der Waals surface area contributed by atoms with Crippen LogP contribution >= 0.6 is 11.6 Å². The fraction of sp³-hybridized carbons (Fsp3) is 0.0833. The first kappa shape index (κ1) is 11.5. The van der Waals surface area contributed by atoms with Crippen molar-refractivity contribution in [3.05, 3.63) is 58.9 Å². The van der Waals surface area contributed by atoms with Crippen LogP contribution in [0.25, 0.3) is 0 Å². The summed E-state index contributed by atoms with van der Waals surface area (Å²) in [7, 11) is 0. The van der Waals surface area contributed by atoms with Gasteiger partial charge in [0.1, 0.15) is 5.92 Å². The van der Waals surface area contributed by atoms with Gasteiger partial charge in [-0.3, -0.25) is 4.79 Å². The molecule has 1 atom stereocenters. The molecule has 1 aromatic heterocycles. The number of carbonyl (C=O) groups is 1. The van der Waals surface area contributed by atoms with Gasteiger partial charge in [0.2, 0.25) is 0 Å². The highest BCUT2D eigenvalue weighted by Gasteiger charge is 2.23. The molecule has 17 heavy (non-hydrogen) atoms. The van der Waals surface area contributed by atoms with E-state index in [1.165, 1.54) is 6.07 Å². The van der Waals surface area contributed by atoms with E-state index in [0.29, 0.717) is 11.3 Å². The van der Waals surface area contributed by atoms with Crippen LogP contribution in [0.5, 0.6) is 0 Å². The monoisotopic (exact) mass is 248 g/mol. The Hall–Kier alpha value is -1.94. The van der Waals surface area contributed by atoms with E-state index in [1.54, 1.807) is 30.3 Å². The van der Waals surface area contributed by atoms with E-state index in [0.717, 1.165) is 0 Å². The molecule has 1 N–H and O–H groups in total. The number of benzene rings is 1. The molecule has 2 aromatic rings. The van der Waals surface area contributed by atoms with Crippen LogP contribution in [0.3, 0.4) is 0 Å². The smallest absolute Gasteiger partial charge is 0.317 e. The Kier molecular flexibility index (Phi) is 3.35. The Morgan fingerprint density at radius 2 is 1.82 bits per heavy atom. The summed E-state index contributed by atoms with van der Waals surface area (Å²) in [5.74, 6) is -1.78.